The lowest BCUT2D eigenvalue weighted by Gasteiger charge is -2.19. The van der Waals surface area contributed by atoms with Crippen molar-refractivity contribution in [3.05, 3.63) is 0 Å². The molecule has 0 radical (unpaired) electrons. The van der Waals surface area contributed by atoms with Crippen molar-refractivity contribution in [1.29, 1.82) is 0 Å². The SMILES string of the molecule is CC(C)C.CC(C)CC(C)(C)C. The zero-order valence-electron chi connectivity index (χ0n) is 10.4. The molecule has 0 aromatic heterocycles. The fraction of sp³-hybridized carbons (Fsp3) is 1.00. The molecule has 0 atom stereocenters. The minimum absolute atomic E-state index is 0.522. The molecule has 0 rings (SSSR count). The van der Waals surface area contributed by atoms with Crippen molar-refractivity contribution < 1.29 is 0 Å². The highest BCUT2D eigenvalue weighted by Crippen LogP contribution is 2.23. The third-order valence-electron chi connectivity index (χ3n) is 1.02. The molecule has 0 heteroatoms. The molecule has 0 fully saturated rings. The van der Waals surface area contributed by atoms with Crippen molar-refractivity contribution in [1.82, 2.24) is 0 Å². The largest absolute Gasteiger partial charge is 0.0630 e. The first-order valence-corrected chi connectivity index (χ1v) is 5.15. The summed E-state index contributed by atoms with van der Waals surface area (Å²) < 4.78 is 0. The standard InChI is InChI=1S/C8H18.C4H10/c1-7(2)6-8(3,4)5;1-4(2)3/h7H,6H2,1-5H3;4H,1-3H3. The third kappa shape index (κ3) is 32.4. The normalized spacial score (nSPS) is 11.5. The van der Waals surface area contributed by atoms with Gasteiger partial charge in [-0.3, -0.25) is 0 Å². The van der Waals surface area contributed by atoms with E-state index in [2.05, 4.69) is 55.4 Å². The number of rotatable bonds is 1. The molecule has 0 aliphatic heterocycles. The van der Waals surface area contributed by atoms with Gasteiger partial charge in [0.2, 0.25) is 0 Å². The molecule has 0 aromatic carbocycles. The van der Waals surface area contributed by atoms with E-state index in [0.29, 0.717) is 5.41 Å². The summed E-state index contributed by atoms with van der Waals surface area (Å²) in [6.07, 6.45) is 1.33. The Bertz CT molecular complexity index is 79.9. The molecule has 0 bridgehead atoms. The molecule has 0 saturated heterocycles. The Balaban J connectivity index is 0. The molecule has 0 aliphatic carbocycles. The van der Waals surface area contributed by atoms with Gasteiger partial charge in [0.1, 0.15) is 0 Å². The molecule has 76 valence electrons. The van der Waals surface area contributed by atoms with Gasteiger partial charge in [0.05, 0.1) is 0 Å². The van der Waals surface area contributed by atoms with Crippen LogP contribution in [0.1, 0.15) is 61.8 Å². The highest BCUT2D eigenvalue weighted by atomic mass is 14.2. The molecule has 0 unspecified atom stereocenters. The first-order valence-electron chi connectivity index (χ1n) is 5.15. The van der Waals surface area contributed by atoms with Crippen LogP contribution in [0.3, 0.4) is 0 Å². The molecular formula is C12H28. The van der Waals surface area contributed by atoms with Crippen molar-refractivity contribution in [3.8, 4) is 0 Å². The summed E-state index contributed by atoms with van der Waals surface area (Å²) in [5.41, 5.74) is 0.522. The predicted octanol–water partition coefficient (Wildman–Crippen LogP) is 4.74. The first-order chi connectivity index (χ1) is 5.15. The summed E-state index contributed by atoms with van der Waals surface area (Å²) in [4.78, 5) is 0. The second-order valence-corrected chi connectivity index (χ2v) is 5.89. The molecule has 0 nitrogen and oxygen atoms in total. The lowest BCUT2D eigenvalue weighted by molar-refractivity contribution is 0.320. The molecule has 0 saturated carbocycles. The van der Waals surface area contributed by atoms with E-state index in [-0.39, 0.29) is 0 Å². The third-order valence-corrected chi connectivity index (χ3v) is 1.02. The highest BCUT2D eigenvalue weighted by molar-refractivity contribution is 4.62. The van der Waals surface area contributed by atoms with E-state index in [1.807, 2.05) is 0 Å². The van der Waals surface area contributed by atoms with E-state index >= 15 is 0 Å². The Morgan fingerprint density at radius 2 is 1.08 bits per heavy atom. The Morgan fingerprint density at radius 1 is 0.833 bits per heavy atom. The minimum Gasteiger partial charge on any atom is -0.0630 e. The quantitative estimate of drug-likeness (QED) is 0.536. The lowest BCUT2D eigenvalue weighted by Crippen LogP contribution is -2.08. The molecule has 0 aromatic rings. The molecule has 12 heavy (non-hydrogen) atoms. The molecule has 0 N–H and O–H groups in total. The second-order valence-electron chi connectivity index (χ2n) is 5.89. The van der Waals surface area contributed by atoms with Crippen LogP contribution in [-0.2, 0) is 0 Å². The van der Waals surface area contributed by atoms with E-state index in [9.17, 15) is 0 Å². The fourth-order valence-electron chi connectivity index (χ4n) is 1.22. The van der Waals surface area contributed by atoms with Crippen LogP contribution in [0.5, 0.6) is 0 Å². The molecule has 0 amide bonds. The Kier molecular flexibility index (Phi) is 7.88. The monoisotopic (exact) mass is 172 g/mol. The van der Waals surface area contributed by atoms with Gasteiger partial charge in [-0.05, 0) is 23.7 Å². The van der Waals surface area contributed by atoms with Crippen molar-refractivity contribution in [2.24, 2.45) is 17.3 Å². The van der Waals surface area contributed by atoms with Gasteiger partial charge in [-0.1, -0.05) is 55.4 Å². The summed E-state index contributed by atoms with van der Waals surface area (Å²) in [6.45, 7) is 17.9. The maximum atomic E-state index is 2.28. The van der Waals surface area contributed by atoms with Crippen LogP contribution in [-0.4, -0.2) is 0 Å². The van der Waals surface area contributed by atoms with E-state index in [1.165, 1.54) is 6.42 Å². The van der Waals surface area contributed by atoms with E-state index in [1.54, 1.807) is 0 Å². The average Bonchev–Trinajstić information content (AvgIpc) is 1.52. The van der Waals surface area contributed by atoms with Crippen LogP contribution in [0.25, 0.3) is 0 Å². The Morgan fingerprint density at radius 3 is 1.08 bits per heavy atom. The molecule has 0 spiro atoms. The van der Waals surface area contributed by atoms with Crippen LogP contribution in [0.15, 0.2) is 0 Å². The maximum Gasteiger partial charge on any atom is -0.0380 e. The van der Waals surface area contributed by atoms with E-state index < -0.39 is 0 Å². The van der Waals surface area contributed by atoms with E-state index in [4.69, 9.17) is 0 Å². The first kappa shape index (κ1) is 14.5. The number of hydrogen-bond donors (Lipinski definition) is 0. The topological polar surface area (TPSA) is 0 Å². The van der Waals surface area contributed by atoms with Gasteiger partial charge in [0.25, 0.3) is 0 Å². The lowest BCUT2D eigenvalue weighted by atomic mass is 9.86. The molecule has 0 heterocycles. The second kappa shape index (κ2) is 6.51. The Hall–Kier alpha value is 0. The summed E-state index contributed by atoms with van der Waals surface area (Å²) >= 11 is 0. The maximum absolute atomic E-state index is 2.28. The summed E-state index contributed by atoms with van der Waals surface area (Å²) in [7, 11) is 0. The summed E-state index contributed by atoms with van der Waals surface area (Å²) in [5.74, 6) is 1.68. The van der Waals surface area contributed by atoms with Gasteiger partial charge in [-0.15, -0.1) is 0 Å². The minimum atomic E-state index is 0.522. The van der Waals surface area contributed by atoms with Crippen molar-refractivity contribution in [2.75, 3.05) is 0 Å². The van der Waals surface area contributed by atoms with Gasteiger partial charge in [0.15, 0.2) is 0 Å². The summed E-state index contributed by atoms with van der Waals surface area (Å²) in [5, 5.41) is 0. The summed E-state index contributed by atoms with van der Waals surface area (Å²) in [6, 6.07) is 0. The van der Waals surface area contributed by atoms with Crippen LogP contribution >= 0.6 is 0 Å². The number of hydrogen-bond acceptors (Lipinski definition) is 0. The fourth-order valence-corrected chi connectivity index (χ4v) is 1.22. The van der Waals surface area contributed by atoms with Crippen LogP contribution in [0, 0.1) is 17.3 Å². The van der Waals surface area contributed by atoms with Crippen LogP contribution in [0.4, 0.5) is 0 Å². The van der Waals surface area contributed by atoms with Gasteiger partial charge in [-0.2, -0.15) is 0 Å². The highest BCUT2D eigenvalue weighted by Gasteiger charge is 2.11. The van der Waals surface area contributed by atoms with Crippen molar-refractivity contribution in [3.63, 3.8) is 0 Å². The molecule has 0 aliphatic rings. The van der Waals surface area contributed by atoms with Crippen LogP contribution < -0.4 is 0 Å². The average molecular weight is 172 g/mol. The predicted molar refractivity (Wildman–Crippen MR) is 59.4 cm³/mol. The smallest absolute Gasteiger partial charge is 0.0380 e. The van der Waals surface area contributed by atoms with Crippen molar-refractivity contribution >= 4 is 0 Å². The van der Waals surface area contributed by atoms with Gasteiger partial charge in [0, 0.05) is 0 Å². The zero-order chi connectivity index (χ0) is 10.4. The van der Waals surface area contributed by atoms with Crippen molar-refractivity contribution in [2.45, 2.75) is 61.8 Å². The van der Waals surface area contributed by atoms with Gasteiger partial charge in [-0.25, -0.2) is 0 Å². The Labute approximate surface area is 79.8 Å². The van der Waals surface area contributed by atoms with Gasteiger partial charge >= 0.3 is 0 Å². The van der Waals surface area contributed by atoms with E-state index in [0.717, 1.165) is 11.8 Å². The van der Waals surface area contributed by atoms with Gasteiger partial charge < -0.3 is 0 Å². The zero-order valence-corrected chi connectivity index (χ0v) is 10.4. The molecular weight excluding hydrogens is 144 g/mol. The van der Waals surface area contributed by atoms with Crippen LogP contribution in [0.2, 0.25) is 0 Å².